The Balaban J connectivity index is 2.45. The van der Waals surface area contributed by atoms with Crippen LogP contribution >= 0.6 is 0 Å². The van der Waals surface area contributed by atoms with Crippen molar-refractivity contribution in [2.45, 2.75) is 26.9 Å². The van der Waals surface area contributed by atoms with Crippen LogP contribution in [0.3, 0.4) is 0 Å². The molecule has 0 bridgehead atoms. The maximum atomic E-state index is 12.1. The lowest BCUT2D eigenvalue weighted by Crippen LogP contribution is -2.15. The molecule has 0 saturated carbocycles. The molecule has 0 radical (unpaired) electrons. The van der Waals surface area contributed by atoms with E-state index in [1.54, 1.807) is 32.9 Å². The summed E-state index contributed by atoms with van der Waals surface area (Å²) >= 11 is 0. The lowest BCUT2D eigenvalue weighted by molar-refractivity contribution is 0.0369. The fraction of sp³-hybridized carbons (Fsp3) is 0.286. The summed E-state index contributed by atoms with van der Waals surface area (Å²) in [4.78, 5) is 24.0. The second kappa shape index (κ2) is 5.14. The summed E-state index contributed by atoms with van der Waals surface area (Å²) in [6, 6.07) is 9.08. The van der Waals surface area contributed by atoms with E-state index in [1.165, 1.54) is 4.68 Å². The zero-order valence-electron chi connectivity index (χ0n) is 11.1. The lowest BCUT2D eigenvalue weighted by Gasteiger charge is -2.06. The van der Waals surface area contributed by atoms with Crippen LogP contribution < -0.4 is 5.56 Å². The van der Waals surface area contributed by atoms with E-state index in [1.807, 2.05) is 18.2 Å². The minimum absolute atomic E-state index is 0.197. The van der Waals surface area contributed by atoms with Crippen molar-refractivity contribution in [2.75, 3.05) is 0 Å². The van der Waals surface area contributed by atoms with Crippen molar-refractivity contribution in [1.82, 2.24) is 9.78 Å². The van der Waals surface area contributed by atoms with Crippen LogP contribution in [0.15, 0.2) is 35.1 Å². The molecule has 0 aliphatic carbocycles. The van der Waals surface area contributed by atoms with Crippen molar-refractivity contribution < 1.29 is 9.53 Å². The molecule has 0 amide bonds. The monoisotopic (exact) mass is 260 g/mol. The van der Waals surface area contributed by atoms with Crippen LogP contribution in [-0.2, 0) is 4.74 Å². The minimum atomic E-state index is -0.515. The average Bonchev–Trinajstić information content (AvgIpc) is 2.67. The van der Waals surface area contributed by atoms with Gasteiger partial charge in [0.15, 0.2) is 0 Å². The number of carbonyl (C=O) groups is 1. The fourth-order valence-corrected chi connectivity index (χ4v) is 1.75. The largest absolute Gasteiger partial charge is 0.458 e. The Morgan fingerprint density at radius 2 is 1.89 bits per heavy atom. The van der Waals surface area contributed by atoms with Crippen molar-refractivity contribution >= 4 is 5.97 Å². The summed E-state index contributed by atoms with van der Waals surface area (Å²) in [5, 5.41) is 2.80. The fourth-order valence-electron chi connectivity index (χ4n) is 1.75. The second-order valence-electron chi connectivity index (χ2n) is 4.54. The Morgan fingerprint density at radius 3 is 2.47 bits per heavy atom. The predicted molar refractivity (Wildman–Crippen MR) is 71.7 cm³/mol. The zero-order chi connectivity index (χ0) is 14.0. The van der Waals surface area contributed by atoms with Gasteiger partial charge in [0.25, 0.3) is 5.56 Å². The van der Waals surface area contributed by atoms with E-state index in [0.29, 0.717) is 11.3 Å². The number of H-pyrrole nitrogens is 1. The molecule has 19 heavy (non-hydrogen) atoms. The number of para-hydroxylation sites is 1. The third-order valence-corrected chi connectivity index (χ3v) is 2.68. The molecular formula is C14H16N2O3. The SMILES string of the molecule is Cc1c(C(=O)OC(C)C)[nH]n(-c2ccccc2)c1=O. The molecule has 1 aromatic heterocycles. The molecule has 0 aliphatic rings. The van der Waals surface area contributed by atoms with Crippen LogP contribution in [0, 0.1) is 6.92 Å². The van der Waals surface area contributed by atoms with Crippen LogP contribution in [-0.4, -0.2) is 21.9 Å². The maximum Gasteiger partial charge on any atom is 0.356 e. The van der Waals surface area contributed by atoms with E-state index in [2.05, 4.69) is 5.10 Å². The maximum absolute atomic E-state index is 12.1. The number of hydrogen-bond donors (Lipinski definition) is 1. The second-order valence-corrected chi connectivity index (χ2v) is 4.54. The molecular weight excluding hydrogens is 244 g/mol. The lowest BCUT2D eigenvalue weighted by atomic mass is 10.3. The molecule has 1 heterocycles. The molecule has 0 aliphatic heterocycles. The van der Waals surface area contributed by atoms with Gasteiger partial charge in [-0.15, -0.1) is 0 Å². The number of nitrogens with one attached hydrogen (secondary N) is 1. The van der Waals surface area contributed by atoms with Crippen molar-refractivity contribution in [1.29, 1.82) is 0 Å². The van der Waals surface area contributed by atoms with Gasteiger partial charge >= 0.3 is 5.97 Å². The van der Waals surface area contributed by atoms with E-state index in [-0.39, 0.29) is 17.4 Å². The van der Waals surface area contributed by atoms with E-state index in [4.69, 9.17) is 4.74 Å². The van der Waals surface area contributed by atoms with Crippen LogP contribution in [0.4, 0.5) is 0 Å². The van der Waals surface area contributed by atoms with Gasteiger partial charge < -0.3 is 4.74 Å². The number of aromatic amines is 1. The van der Waals surface area contributed by atoms with Gasteiger partial charge in [0, 0.05) is 5.56 Å². The number of rotatable bonds is 3. The van der Waals surface area contributed by atoms with E-state index in [0.717, 1.165) is 0 Å². The highest BCUT2D eigenvalue weighted by Crippen LogP contribution is 2.08. The van der Waals surface area contributed by atoms with Gasteiger partial charge in [0.2, 0.25) is 0 Å². The van der Waals surface area contributed by atoms with E-state index in [9.17, 15) is 9.59 Å². The van der Waals surface area contributed by atoms with E-state index >= 15 is 0 Å². The quantitative estimate of drug-likeness (QED) is 0.859. The molecule has 1 N–H and O–H groups in total. The van der Waals surface area contributed by atoms with Gasteiger partial charge in [-0.1, -0.05) is 18.2 Å². The van der Waals surface area contributed by atoms with E-state index < -0.39 is 5.97 Å². The molecule has 0 unspecified atom stereocenters. The molecule has 0 fully saturated rings. The Kier molecular flexibility index (Phi) is 3.55. The standard InChI is InChI=1S/C14H16N2O3/c1-9(2)19-14(18)12-10(3)13(17)16(15-12)11-7-5-4-6-8-11/h4-9,15H,1-3H3. The van der Waals surface area contributed by atoms with Crippen LogP contribution in [0.25, 0.3) is 5.69 Å². The number of hydrogen-bond acceptors (Lipinski definition) is 3. The first-order chi connectivity index (χ1) is 9.00. The summed E-state index contributed by atoms with van der Waals surface area (Å²) in [6.45, 7) is 5.13. The van der Waals surface area contributed by atoms with Crippen LogP contribution in [0.2, 0.25) is 0 Å². The highest BCUT2D eigenvalue weighted by Gasteiger charge is 2.19. The highest BCUT2D eigenvalue weighted by atomic mass is 16.5. The third kappa shape index (κ3) is 2.59. The van der Waals surface area contributed by atoms with Crippen molar-refractivity contribution in [3.8, 4) is 5.69 Å². The van der Waals surface area contributed by atoms with Gasteiger partial charge in [0.1, 0.15) is 5.69 Å². The van der Waals surface area contributed by atoms with Gasteiger partial charge in [-0.3, -0.25) is 9.89 Å². The Morgan fingerprint density at radius 1 is 1.26 bits per heavy atom. The first-order valence-corrected chi connectivity index (χ1v) is 6.08. The summed E-state index contributed by atoms with van der Waals surface area (Å²) in [6.07, 6.45) is -0.226. The molecule has 0 atom stereocenters. The summed E-state index contributed by atoms with van der Waals surface area (Å²) in [5.41, 5.74) is 0.984. The highest BCUT2D eigenvalue weighted by molar-refractivity contribution is 5.88. The summed E-state index contributed by atoms with van der Waals surface area (Å²) < 4.78 is 6.44. The number of aromatic nitrogens is 2. The molecule has 5 nitrogen and oxygen atoms in total. The first kappa shape index (κ1) is 13.1. The average molecular weight is 260 g/mol. The molecule has 5 heteroatoms. The third-order valence-electron chi connectivity index (χ3n) is 2.68. The molecule has 1 aromatic carbocycles. The molecule has 0 saturated heterocycles. The van der Waals surface area contributed by atoms with Gasteiger partial charge in [-0.05, 0) is 32.9 Å². The molecule has 2 rings (SSSR count). The molecule has 2 aromatic rings. The number of nitrogens with zero attached hydrogens (tertiary/aromatic N) is 1. The summed E-state index contributed by atoms with van der Waals surface area (Å²) in [5.74, 6) is -0.515. The predicted octanol–water partition coefficient (Wildman–Crippen LogP) is 2.04. The van der Waals surface area contributed by atoms with Crippen molar-refractivity contribution in [3.05, 3.63) is 51.9 Å². The Hall–Kier alpha value is -2.30. The molecule has 0 spiro atoms. The number of esters is 1. The molecule has 100 valence electrons. The normalized spacial score (nSPS) is 10.7. The smallest absolute Gasteiger partial charge is 0.356 e. The Labute approximate surface area is 110 Å². The number of ether oxygens (including phenoxy) is 1. The minimum Gasteiger partial charge on any atom is -0.458 e. The topological polar surface area (TPSA) is 64.1 Å². The summed E-state index contributed by atoms with van der Waals surface area (Å²) in [7, 11) is 0. The first-order valence-electron chi connectivity index (χ1n) is 6.08. The van der Waals surface area contributed by atoms with Gasteiger partial charge in [-0.25, -0.2) is 9.48 Å². The van der Waals surface area contributed by atoms with Gasteiger partial charge in [-0.2, -0.15) is 0 Å². The van der Waals surface area contributed by atoms with Crippen LogP contribution in [0.1, 0.15) is 29.9 Å². The number of carbonyl (C=O) groups excluding carboxylic acids is 1. The number of benzene rings is 1. The van der Waals surface area contributed by atoms with Crippen LogP contribution in [0.5, 0.6) is 0 Å². The Bertz CT molecular complexity index is 638. The van der Waals surface area contributed by atoms with Gasteiger partial charge in [0.05, 0.1) is 11.8 Å². The van der Waals surface area contributed by atoms with Crippen molar-refractivity contribution in [2.24, 2.45) is 0 Å². The van der Waals surface area contributed by atoms with Crippen molar-refractivity contribution in [3.63, 3.8) is 0 Å². The zero-order valence-corrected chi connectivity index (χ0v) is 11.1.